The molecule has 0 aliphatic heterocycles. The summed E-state index contributed by atoms with van der Waals surface area (Å²) in [5, 5.41) is 0. The van der Waals surface area contributed by atoms with Crippen LogP contribution in [0.1, 0.15) is 19.4 Å². The molecule has 0 nitrogen and oxygen atoms in total. The fourth-order valence-corrected chi connectivity index (χ4v) is 1.48. The van der Waals surface area contributed by atoms with Gasteiger partial charge in [-0.15, -0.1) is 0 Å². The molecule has 0 N–H and O–H groups in total. The Kier molecular flexibility index (Phi) is 3.79. The zero-order chi connectivity index (χ0) is 8.97. The van der Waals surface area contributed by atoms with Gasteiger partial charge in [0.25, 0.3) is 0 Å². The first-order chi connectivity index (χ1) is 5.68. The van der Waals surface area contributed by atoms with Crippen LogP contribution in [0.4, 0.5) is 0 Å². The maximum atomic E-state index is 2.33. The van der Waals surface area contributed by atoms with Crippen LogP contribution in [0.15, 0.2) is 30.3 Å². The topological polar surface area (TPSA) is 0 Å². The molecular weight excluding hydrogens is 259 g/mol. The Labute approximate surface area is 87.8 Å². The summed E-state index contributed by atoms with van der Waals surface area (Å²) in [4.78, 5) is 0. The van der Waals surface area contributed by atoms with Crippen molar-refractivity contribution in [1.82, 2.24) is 0 Å². The minimum atomic E-state index is 0.628. The van der Waals surface area contributed by atoms with E-state index in [0.717, 1.165) is 0 Å². The summed E-state index contributed by atoms with van der Waals surface area (Å²) in [5.74, 6) is 0.628. The van der Waals surface area contributed by atoms with E-state index in [0.29, 0.717) is 5.92 Å². The Hall–Kier alpha value is -0.310. The molecular formula is C11H13I. The highest BCUT2D eigenvalue weighted by molar-refractivity contribution is 14.1. The van der Waals surface area contributed by atoms with E-state index in [1.54, 1.807) is 0 Å². The van der Waals surface area contributed by atoms with Gasteiger partial charge in [0.2, 0.25) is 0 Å². The number of allylic oxidation sites excluding steroid dienone is 1. The van der Waals surface area contributed by atoms with Crippen LogP contribution in [0.2, 0.25) is 0 Å². The van der Waals surface area contributed by atoms with Gasteiger partial charge in [-0.25, -0.2) is 0 Å². The van der Waals surface area contributed by atoms with E-state index >= 15 is 0 Å². The average Bonchev–Trinajstić information content (AvgIpc) is 2.01. The standard InChI is InChI=1S/C11H13I/c1-9(2)6-7-10-4-3-5-11(12)8-10/h3-9H,1-2H3. The molecule has 0 aromatic heterocycles. The lowest BCUT2D eigenvalue weighted by molar-refractivity contribution is 0.836. The predicted octanol–water partition coefficient (Wildman–Crippen LogP) is 3.96. The number of hydrogen-bond donors (Lipinski definition) is 0. The Morgan fingerprint density at radius 1 is 1.33 bits per heavy atom. The fourth-order valence-electron chi connectivity index (χ4n) is 0.914. The molecule has 1 aromatic carbocycles. The first-order valence-electron chi connectivity index (χ1n) is 4.12. The molecule has 0 radical (unpaired) electrons. The van der Waals surface area contributed by atoms with E-state index in [9.17, 15) is 0 Å². The molecule has 0 spiro atoms. The van der Waals surface area contributed by atoms with Gasteiger partial charge in [0.1, 0.15) is 0 Å². The minimum Gasteiger partial charge on any atom is -0.0814 e. The Balaban J connectivity index is 2.76. The number of rotatable bonds is 2. The lowest BCUT2D eigenvalue weighted by Crippen LogP contribution is -1.78. The molecule has 0 heterocycles. The zero-order valence-corrected chi connectivity index (χ0v) is 9.58. The summed E-state index contributed by atoms with van der Waals surface area (Å²) >= 11 is 2.33. The molecule has 0 saturated heterocycles. The average molecular weight is 272 g/mol. The van der Waals surface area contributed by atoms with Gasteiger partial charge in [-0.2, -0.15) is 0 Å². The van der Waals surface area contributed by atoms with Gasteiger partial charge in [-0.05, 0) is 46.2 Å². The molecule has 0 fully saturated rings. The molecule has 64 valence electrons. The lowest BCUT2D eigenvalue weighted by atomic mass is 10.1. The Morgan fingerprint density at radius 3 is 2.67 bits per heavy atom. The van der Waals surface area contributed by atoms with Gasteiger partial charge >= 0.3 is 0 Å². The van der Waals surface area contributed by atoms with Crippen LogP contribution >= 0.6 is 22.6 Å². The van der Waals surface area contributed by atoms with Crippen molar-refractivity contribution in [2.75, 3.05) is 0 Å². The number of hydrogen-bond acceptors (Lipinski definition) is 0. The van der Waals surface area contributed by atoms with Gasteiger partial charge < -0.3 is 0 Å². The van der Waals surface area contributed by atoms with Gasteiger partial charge in [-0.3, -0.25) is 0 Å². The molecule has 0 bridgehead atoms. The molecule has 0 atom stereocenters. The van der Waals surface area contributed by atoms with Crippen molar-refractivity contribution in [2.24, 2.45) is 5.92 Å². The summed E-state index contributed by atoms with van der Waals surface area (Å²) < 4.78 is 1.29. The van der Waals surface area contributed by atoms with Crippen molar-refractivity contribution < 1.29 is 0 Å². The number of halogens is 1. The largest absolute Gasteiger partial charge is 0.0814 e. The van der Waals surface area contributed by atoms with E-state index in [2.05, 4.69) is 72.9 Å². The van der Waals surface area contributed by atoms with Gasteiger partial charge in [-0.1, -0.05) is 38.1 Å². The molecule has 1 aromatic rings. The van der Waals surface area contributed by atoms with Crippen LogP contribution in [0, 0.1) is 9.49 Å². The molecule has 1 rings (SSSR count). The predicted molar refractivity (Wildman–Crippen MR) is 63.0 cm³/mol. The van der Waals surface area contributed by atoms with E-state index in [1.807, 2.05) is 0 Å². The maximum Gasteiger partial charge on any atom is 0.0136 e. The fraction of sp³-hybridized carbons (Fsp3) is 0.273. The van der Waals surface area contributed by atoms with E-state index in [-0.39, 0.29) is 0 Å². The third-order valence-electron chi connectivity index (χ3n) is 1.52. The summed E-state index contributed by atoms with van der Waals surface area (Å²) in [6.45, 7) is 4.37. The summed E-state index contributed by atoms with van der Waals surface area (Å²) in [6, 6.07) is 8.50. The summed E-state index contributed by atoms with van der Waals surface area (Å²) in [7, 11) is 0. The Morgan fingerprint density at radius 2 is 2.08 bits per heavy atom. The molecule has 1 heteroatoms. The minimum absolute atomic E-state index is 0.628. The van der Waals surface area contributed by atoms with Crippen LogP contribution in [0.5, 0.6) is 0 Å². The highest BCUT2D eigenvalue weighted by Gasteiger charge is 1.88. The van der Waals surface area contributed by atoms with Crippen LogP contribution in [-0.4, -0.2) is 0 Å². The molecule has 0 unspecified atom stereocenters. The molecule has 0 aliphatic carbocycles. The Bertz CT molecular complexity index is 274. The zero-order valence-electron chi connectivity index (χ0n) is 7.42. The SMILES string of the molecule is CC(C)C=Cc1cccc(I)c1. The monoisotopic (exact) mass is 272 g/mol. The van der Waals surface area contributed by atoms with Crippen LogP contribution < -0.4 is 0 Å². The third-order valence-corrected chi connectivity index (χ3v) is 2.19. The smallest absolute Gasteiger partial charge is 0.0136 e. The van der Waals surface area contributed by atoms with Crippen molar-refractivity contribution in [3.05, 3.63) is 39.5 Å². The van der Waals surface area contributed by atoms with Gasteiger partial charge in [0.05, 0.1) is 0 Å². The highest BCUT2D eigenvalue weighted by Crippen LogP contribution is 2.10. The van der Waals surface area contributed by atoms with Crippen LogP contribution in [0.25, 0.3) is 6.08 Å². The van der Waals surface area contributed by atoms with Crippen molar-refractivity contribution in [1.29, 1.82) is 0 Å². The van der Waals surface area contributed by atoms with E-state index < -0.39 is 0 Å². The normalized spacial score (nSPS) is 11.3. The van der Waals surface area contributed by atoms with Crippen molar-refractivity contribution in [3.63, 3.8) is 0 Å². The first kappa shape index (κ1) is 9.78. The second kappa shape index (κ2) is 4.65. The second-order valence-electron chi connectivity index (χ2n) is 3.16. The van der Waals surface area contributed by atoms with Crippen molar-refractivity contribution in [2.45, 2.75) is 13.8 Å². The quantitative estimate of drug-likeness (QED) is 0.715. The first-order valence-corrected chi connectivity index (χ1v) is 5.20. The van der Waals surface area contributed by atoms with E-state index in [1.165, 1.54) is 9.13 Å². The molecule has 12 heavy (non-hydrogen) atoms. The lowest BCUT2D eigenvalue weighted by Gasteiger charge is -1.96. The second-order valence-corrected chi connectivity index (χ2v) is 4.40. The van der Waals surface area contributed by atoms with Crippen molar-refractivity contribution >= 4 is 28.7 Å². The molecule has 0 aliphatic rings. The third kappa shape index (κ3) is 3.39. The van der Waals surface area contributed by atoms with Gasteiger partial charge in [0, 0.05) is 3.57 Å². The van der Waals surface area contributed by atoms with Gasteiger partial charge in [0.15, 0.2) is 0 Å². The summed E-state index contributed by atoms with van der Waals surface area (Å²) in [5.41, 5.74) is 1.29. The van der Waals surface area contributed by atoms with Crippen LogP contribution in [-0.2, 0) is 0 Å². The molecule has 0 amide bonds. The van der Waals surface area contributed by atoms with E-state index in [4.69, 9.17) is 0 Å². The molecule has 0 saturated carbocycles. The summed E-state index contributed by atoms with van der Waals surface area (Å²) in [6.07, 6.45) is 4.39. The van der Waals surface area contributed by atoms with Crippen molar-refractivity contribution in [3.8, 4) is 0 Å². The highest BCUT2D eigenvalue weighted by atomic mass is 127. The number of benzene rings is 1. The maximum absolute atomic E-state index is 2.33. The van der Waals surface area contributed by atoms with Crippen LogP contribution in [0.3, 0.4) is 0 Å².